The molecule has 2 atom stereocenters. The number of carbonyl (C=O) groups is 1. The molecule has 0 bridgehead atoms. The van der Waals surface area contributed by atoms with E-state index in [-0.39, 0.29) is 12.1 Å². The van der Waals surface area contributed by atoms with Crippen LogP contribution in [0.25, 0.3) is 0 Å². The van der Waals surface area contributed by atoms with Crippen LogP contribution in [0.15, 0.2) is 30.3 Å². The summed E-state index contributed by atoms with van der Waals surface area (Å²) in [5, 5.41) is 12.4. The summed E-state index contributed by atoms with van der Waals surface area (Å²) >= 11 is 0. The lowest BCUT2D eigenvalue weighted by Crippen LogP contribution is -2.38. The molecule has 1 saturated heterocycles. The minimum absolute atomic E-state index is 0.249. The maximum absolute atomic E-state index is 11.8. The van der Waals surface area contributed by atoms with Crippen molar-refractivity contribution in [2.75, 3.05) is 26.3 Å². The number of aromatic nitrogens is 4. The normalized spacial score (nSPS) is 19.5. The average Bonchev–Trinajstić information content (AvgIpc) is 3.12. The third kappa shape index (κ3) is 4.40. The van der Waals surface area contributed by atoms with Gasteiger partial charge in [0, 0.05) is 19.6 Å². The summed E-state index contributed by atoms with van der Waals surface area (Å²) in [7, 11) is 0. The van der Waals surface area contributed by atoms with Crippen molar-refractivity contribution in [3.63, 3.8) is 0 Å². The predicted molar refractivity (Wildman–Crippen MR) is 89.6 cm³/mol. The molecule has 0 saturated carbocycles. The summed E-state index contributed by atoms with van der Waals surface area (Å²) in [6.07, 6.45) is -0.249. The number of benzene rings is 1. The Hall–Kier alpha value is -2.32. The van der Waals surface area contributed by atoms with E-state index in [1.165, 1.54) is 10.4 Å². The smallest absolute Gasteiger partial charge is 0.332 e. The molecular weight excluding hydrogens is 322 g/mol. The number of hydrogen-bond donors (Lipinski definition) is 0. The van der Waals surface area contributed by atoms with Gasteiger partial charge in [0.1, 0.15) is 6.10 Å². The van der Waals surface area contributed by atoms with E-state index in [2.05, 4.69) is 32.4 Å². The number of ether oxygens (including phenoxy) is 2. The Labute approximate surface area is 146 Å². The first-order chi connectivity index (χ1) is 12.2. The van der Waals surface area contributed by atoms with Crippen LogP contribution in [0.5, 0.6) is 0 Å². The van der Waals surface area contributed by atoms with Gasteiger partial charge in [-0.2, -0.15) is 0 Å². The van der Waals surface area contributed by atoms with Gasteiger partial charge < -0.3 is 9.47 Å². The highest BCUT2D eigenvalue weighted by molar-refractivity contribution is 5.73. The first-order valence-electron chi connectivity index (χ1n) is 8.51. The van der Waals surface area contributed by atoms with Gasteiger partial charge in [0.05, 0.1) is 13.2 Å². The number of morpholine rings is 1. The fourth-order valence-electron chi connectivity index (χ4n) is 2.73. The first kappa shape index (κ1) is 17.5. The SMILES string of the molecule is CCOC(=O)[C@@H](C)n1nnc([C@@H]2CN(Cc3ccccc3)CCO2)n1. The van der Waals surface area contributed by atoms with Crippen molar-refractivity contribution in [1.29, 1.82) is 0 Å². The second-order valence-electron chi connectivity index (χ2n) is 5.98. The number of hydrogen-bond acceptors (Lipinski definition) is 7. The van der Waals surface area contributed by atoms with Gasteiger partial charge in [-0.1, -0.05) is 30.3 Å². The molecule has 1 aliphatic rings. The molecule has 134 valence electrons. The monoisotopic (exact) mass is 345 g/mol. The third-order valence-electron chi connectivity index (χ3n) is 4.11. The zero-order valence-corrected chi connectivity index (χ0v) is 14.5. The second-order valence-corrected chi connectivity index (χ2v) is 5.98. The lowest BCUT2D eigenvalue weighted by Gasteiger charge is -2.31. The molecule has 0 amide bonds. The lowest BCUT2D eigenvalue weighted by atomic mass is 10.2. The Kier molecular flexibility index (Phi) is 5.72. The Morgan fingerprint density at radius 1 is 1.40 bits per heavy atom. The highest BCUT2D eigenvalue weighted by atomic mass is 16.5. The van der Waals surface area contributed by atoms with E-state index < -0.39 is 6.04 Å². The van der Waals surface area contributed by atoms with Crippen LogP contribution in [0.4, 0.5) is 0 Å². The molecule has 2 aromatic rings. The molecule has 3 rings (SSSR count). The maximum atomic E-state index is 11.8. The van der Waals surface area contributed by atoms with Gasteiger partial charge in [-0.05, 0) is 24.6 Å². The molecule has 0 N–H and O–H groups in total. The predicted octanol–water partition coefficient (Wildman–Crippen LogP) is 1.37. The van der Waals surface area contributed by atoms with E-state index in [1.807, 2.05) is 18.2 Å². The van der Waals surface area contributed by atoms with E-state index in [0.29, 0.717) is 25.6 Å². The standard InChI is InChI=1S/C17H23N5O3/c1-3-24-17(23)13(2)22-19-16(18-20-22)15-12-21(9-10-25-15)11-14-7-5-4-6-8-14/h4-8,13,15H,3,9-12H2,1-2H3/t13-,15+/m1/s1. The van der Waals surface area contributed by atoms with Crippen LogP contribution >= 0.6 is 0 Å². The van der Waals surface area contributed by atoms with Crippen LogP contribution in [-0.4, -0.2) is 57.4 Å². The van der Waals surface area contributed by atoms with E-state index in [1.54, 1.807) is 13.8 Å². The third-order valence-corrected chi connectivity index (χ3v) is 4.11. The van der Waals surface area contributed by atoms with Crippen LogP contribution in [0.2, 0.25) is 0 Å². The van der Waals surface area contributed by atoms with Crippen molar-refractivity contribution in [1.82, 2.24) is 25.1 Å². The zero-order chi connectivity index (χ0) is 17.6. The van der Waals surface area contributed by atoms with Crippen molar-refractivity contribution >= 4 is 5.97 Å². The quantitative estimate of drug-likeness (QED) is 0.731. The van der Waals surface area contributed by atoms with Crippen LogP contribution in [0.3, 0.4) is 0 Å². The summed E-state index contributed by atoms with van der Waals surface area (Å²) in [6.45, 7) is 6.79. The van der Waals surface area contributed by atoms with Gasteiger partial charge in [-0.15, -0.1) is 15.0 Å². The molecule has 0 radical (unpaired) electrons. The Bertz CT molecular complexity index is 691. The molecule has 8 nitrogen and oxygen atoms in total. The fourth-order valence-corrected chi connectivity index (χ4v) is 2.73. The van der Waals surface area contributed by atoms with Crippen LogP contribution in [-0.2, 0) is 20.8 Å². The summed E-state index contributed by atoms with van der Waals surface area (Å²) in [5.74, 6) is 0.121. The molecule has 1 aromatic carbocycles. The number of rotatable bonds is 6. The van der Waals surface area contributed by atoms with Gasteiger partial charge in [0.25, 0.3) is 0 Å². The first-order valence-corrected chi connectivity index (χ1v) is 8.51. The van der Waals surface area contributed by atoms with Crippen LogP contribution in [0.1, 0.15) is 37.4 Å². The second kappa shape index (κ2) is 8.17. The molecule has 1 fully saturated rings. The van der Waals surface area contributed by atoms with Crippen molar-refractivity contribution in [2.24, 2.45) is 0 Å². The molecule has 0 unspecified atom stereocenters. The van der Waals surface area contributed by atoms with Gasteiger partial charge in [-0.3, -0.25) is 4.90 Å². The highest BCUT2D eigenvalue weighted by Gasteiger charge is 2.27. The fraction of sp³-hybridized carbons (Fsp3) is 0.529. The summed E-state index contributed by atoms with van der Waals surface area (Å²) in [4.78, 5) is 15.4. The summed E-state index contributed by atoms with van der Waals surface area (Å²) < 4.78 is 10.8. The van der Waals surface area contributed by atoms with Gasteiger partial charge in [0.15, 0.2) is 6.04 Å². The van der Waals surface area contributed by atoms with Gasteiger partial charge in [-0.25, -0.2) is 4.79 Å². The highest BCUT2D eigenvalue weighted by Crippen LogP contribution is 2.20. The van der Waals surface area contributed by atoms with Crippen LogP contribution < -0.4 is 0 Å². The van der Waals surface area contributed by atoms with E-state index in [0.717, 1.165) is 13.1 Å². The summed E-state index contributed by atoms with van der Waals surface area (Å²) in [6, 6.07) is 9.71. The minimum atomic E-state index is -0.606. The van der Waals surface area contributed by atoms with E-state index in [4.69, 9.17) is 9.47 Å². The summed E-state index contributed by atoms with van der Waals surface area (Å²) in [5.41, 5.74) is 1.26. The number of esters is 1. The molecule has 1 aliphatic heterocycles. The van der Waals surface area contributed by atoms with Gasteiger partial charge in [0.2, 0.25) is 5.82 Å². The van der Waals surface area contributed by atoms with Crippen molar-refractivity contribution in [3.05, 3.63) is 41.7 Å². The molecule has 8 heteroatoms. The van der Waals surface area contributed by atoms with Crippen LogP contribution in [0, 0.1) is 0 Å². The maximum Gasteiger partial charge on any atom is 0.332 e. The van der Waals surface area contributed by atoms with Gasteiger partial charge >= 0.3 is 5.97 Å². The van der Waals surface area contributed by atoms with Crippen molar-refractivity contribution in [3.8, 4) is 0 Å². The average molecular weight is 345 g/mol. The largest absolute Gasteiger partial charge is 0.464 e. The number of carbonyl (C=O) groups excluding carboxylic acids is 1. The topological polar surface area (TPSA) is 82.4 Å². The number of tetrazole rings is 1. The molecule has 0 spiro atoms. The van der Waals surface area contributed by atoms with E-state index >= 15 is 0 Å². The molecule has 2 heterocycles. The Morgan fingerprint density at radius 3 is 2.96 bits per heavy atom. The Balaban J connectivity index is 1.63. The van der Waals surface area contributed by atoms with Crippen molar-refractivity contribution < 1.29 is 14.3 Å². The molecular formula is C17H23N5O3. The molecule has 1 aromatic heterocycles. The Morgan fingerprint density at radius 2 is 2.20 bits per heavy atom. The lowest BCUT2D eigenvalue weighted by molar-refractivity contribution is -0.147. The molecule has 0 aliphatic carbocycles. The number of nitrogens with zero attached hydrogens (tertiary/aromatic N) is 5. The van der Waals surface area contributed by atoms with Crippen molar-refractivity contribution in [2.45, 2.75) is 32.5 Å². The zero-order valence-electron chi connectivity index (χ0n) is 14.5. The van der Waals surface area contributed by atoms with E-state index in [9.17, 15) is 4.79 Å². The molecule has 25 heavy (non-hydrogen) atoms. The minimum Gasteiger partial charge on any atom is -0.464 e.